The van der Waals surface area contributed by atoms with Gasteiger partial charge in [-0.3, -0.25) is 4.98 Å². The summed E-state index contributed by atoms with van der Waals surface area (Å²) in [6, 6.07) is 9.97. The maximum atomic E-state index is 5.75. The quantitative estimate of drug-likeness (QED) is 0.571. The third kappa shape index (κ3) is 2.50. The lowest BCUT2D eigenvalue weighted by atomic mass is 10.1. The number of nitrogens with two attached hydrogens (primary N) is 1. The predicted octanol–water partition coefficient (Wildman–Crippen LogP) is 2.47. The molecule has 5 nitrogen and oxygen atoms in total. The van der Waals surface area contributed by atoms with E-state index >= 15 is 0 Å². The molecule has 2 heterocycles. The number of ether oxygens (including phenoxy) is 1. The smallest absolute Gasteiger partial charge is 0.186 e. The maximum Gasteiger partial charge on any atom is 0.186 e. The Bertz CT molecular complexity index is 758. The Hall–Kier alpha value is -2.34. The molecule has 0 amide bonds. The van der Waals surface area contributed by atoms with Gasteiger partial charge in [-0.2, -0.15) is 0 Å². The number of aromatic nitrogens is 3. The number of hydrogen-bond donors (Lipinski definition) is 2. The average molecular weight is 284 g/mol. The van der Waals surface area contributed by atoms with Crippen molar-refractivity contribution in [3.8, 4) is 5.75 Å². The van der Waals surface area contributed by atoms with Crippen molar-refractivity contribution in [1.29, 1.82) is 0 Å². The van der Waals surface area contributed by atoms with Gasteiger partial charge in [0.1, 0.15) is 6.61 Å². The standard InChI is InChI=1S/C14H12N4OS/c15-13-12(7-17-14(20)18-13)19-8-11-10-4-2-1-3-9(10)5-6-16-11/h1-7H,8H2,(H3,15,17,18,20). The normalized spacial score (nSPS) is 10.7. The molecule has 0 radical (unpaired) electrons. The highest BCUT2D eigenvalue weighted by Gasteiger charge is 2.06. The zero-order chi connectivity index (χ0) is 13.9. The highest BCUT2D eigenvalue weighted by molar-refractivity contribution is 7.80. The Labute approximate surface area is 121 Å². The predicted molar refractivity (Wildman–Crippen MR) is 79.8 cm³/mol. The molecule has 0 aliphatic carbocycles. The van der Waals surface area contributed by atoms with Crippen LogP contribution in [0.3, 0.4) is 0 Å². The molecule has 0 unspecified atom stereocenters. The molecular weight excluding hydrogens is 272 g/mol. The molecule has 0 saturated heterocycles. The van der Waals surface area contributed by atoms with Gasteiger partial charge in [-0.1, -0.05) is 24.3 Å². The minimum Gasteiger partial charge on any atom is -0.482 e. The van der Waals surface area contributed by atoms with E-state index in [-0.39, 0.29) is 5.82 Å². The molecule has 100 valence electrons. The molecule has 1 aromatic carbocycles. The van der Waals surface area contributed by atoms with Gasteiger partial charge in [-0.05, 0) is 11.5 Å². The van der Waals surface area contributed by atoms with Gasteiger partial charge >= 0.3 is 0 Å². The van der Waals surface area contributed by atoms with E-state index in [0.29, 0.717) is 17.5 Å². The summed E-state index contributed by atoms with van der Waals surface area (Å²) >= 11 is 4.02. The van der Waals surface area contributed by atoms with Crippen LogP contribution in [0.4, 0.5) is 5.82 Å². The number of benzene rings is 1. The second kappa shape index (κ2) is 5.34. The van der Waals surface area contributed by atoms with Crippen molar-refractivity contribution in [2.75, 3.05) is 5.73 Å². The number of pyridine rings is 1. The van der Waals surface area contributed by atoms with E-state index in [1.54, 1.807) is 6.20 Å². The number of anilines is 1. The van der Waals surface area contributed by atoms with Gasteiger partial charge in [0.05, 0.1) is 11.9 Å². The Morgan fingerprint density at radius 3 is 2.85 bits per heavy atom. The molecule has 0 saturated carbocycles. The van der Waals surface area contributed by atoms with Crippen LogP contribution in [0.25, 0.3) is 10.8 Å². The van der Waals surface area contributed by atoms with Crippen LogP contribution in [0, 0.1) is 0 Å². The van der Waals surface area contributed by atoms with E-state index < -0.39 is 0 Å². The maximum absolute atomic E-state index is 5.75. The summed E-state index contributed by atoms with van der Waals surface area (Å²) in [6.07, 6.45) is 3.27. The first-order valence-corrected chi connectivity index (χ1v) is 6.45. The van der Waals surface area contributed by atoms with Gasteiger partial charge in [0.2, 0.25) is 0 Å². The SMILES string of the molecule is Nc1nc(S)ncc1OCc1nccc2ccccc12. The zero-order valence-electron chi connectivity index (χ0n) is 10.5. The van der Waals surface area contributed by atoms with Crippen LogP contribution in [0.1, 0.15) is 5.69 Å². The van der Waals surface area contributed by atoms with E-state index in [2.05, 4.69) is 27.6 Å². The fraction of sp³-hybridized carbons (Fsp3) is 0.0714. The number of nitrogens with zero attached hydrogens (tertiary/aromatic N) is 3. The Kier molecular flexibility index (Phi) is 3.39. The van der Waals surface area contributed by atoms with Gasteiger partial charge in [-0.15, -0.1) is 12.6 Å². The highest BCUT2D eigenvalue weighted by Crippen LogP contribution is 2.21. The topological polar surface area (TPSA) is 73.9 Å². The summed E-state index contributed by atoms with van der Waals surface area (Å²) in [4.78, 5) is 12.2. The zero-order valence-corrected chi connectivity index (χ0v) is 11.4. The molecular formula is C14H12N4OS. The van der Waals surface area contributed by atoms with Crippen molar-refractivity contribution in [2.24, 2.45) is 0 Å². The van der Waals surface area contributed by atoms with Crippen LogP contribution in [0.5, 0.6) is 5.75 Å². The monoisotopic (exact) mass is 284 g/mol. The lowest BCUT2D eigenvalue weighted by Gasteiger charge is -2.09. The van der Waals surface area contributed by atoms with Crippen molar-refractivity contribution in [3.05, 3.63) is 48.4 Å². The average Bonchev–Trinajstić information content (AvgIpc) is 2.46. The fourth-order valence-electron chi connectivity index (χ4n) is 1.93. The largest absolute Gasteiger partial charge is 0.482 e. The van der Waals surface area contributed by atoms with Crippen LogP contribution in [0.15, 0.2) is 47.9 Å². The first-order valence-electron chi connectivity index (χ1n) is 6.01. The number of rotatable bonds is 3. The van der Waals surface area contributed by atoms with E-state index in [9.17, 15) is 0 Å². The number of fused-ring (bicyclic) bond motifs is 1. The van der Waals surface area contributed by atoms with Gasteiger partial charge < -0.3 is 10.5 Å². The van der Waals surface area contributed by atoms with Crippen molar-refractivity contribution in [2.45, 2.75) is 11.8 Å². The van der Waals surface area contributed by atoms with E-state index in [4.69, 9.17) is 10.5 Å². The molecule has 2 N–H and O–H groups in total. The summed E-state index contributed by atoms with van der Waals surface area (Å²) < 4.78 is 5.64. The Morgan fingerprint density at radius 1 is 1.15 bits per heavy atom. The van der Waals surface area contributed by atoms with Crippen molar-refractivity contribution in [3.63, 3.8) is 0 Å². The minimum atomic E-state index is 0.269. The van der Waals surface area contributed by atoms with Crippen LogP contribution in [-0.4, -0.2) is 15.0 Å². The molecule has 20 heavy (non-hydrogen) atoms. The summed E-state index contributed by atoms with van der Waals surface area (Å²) in [5.41, 5.74) is 6.60. The molecule has 6 heteroatoms. The Morgan fingerprint density at radius 2 is 2.00 bits per heavy atom. The van der Waals surface area contributed by atoms with Crippen molar-refractivity contribution < 1.29 is 4.74 Å². The van der Waals surface area contributed by atoms with E-state index in [1.807, 2.05) is 30.3 Å². The molecule has 2 aromatic heterocycles. The highest BCUT2D eigenvalue weighted by atomic mass is 32.1. The minimum absolute atomic E-state index is 0.269. The van der Waals surface area contributed by atoms with Gasteiger partial charge in [0.15, 0.2) is 16.7 Å². The summed E-state index contributed by atoms with van der Waals surface area (Å²) in [6.45, 7) is 0.306. The van der Waals surface area contributed by atoms with Crippen molar-refractivity contribution in [1.82, 2.24) is 15.0 Å². The number of thiol groups is 1. The van der Waals surface area contributed by atoms with Gasteiger partial charge in [0.25, 0.3) is 0 Å². The molecule has 3 aromatic rings. The second-order valence-corrected chi connectivity index (χ2v) is 4.59. The summed E-state index contributed by atoms with van der Waals surface area (Å²) in [7, 11) is 0. The molecule has 3 rings (SSSR count). The fourth-order valence-corrected chi connectivity index (χ4v) is 2.09. The molecule has 0 bridgehead atoms. The van der Waals surface area contributed by atoms with Crippen LogP contribution >= 0.6 is 12.6 Å². The summed E-state index contributed by atoms with van der Waals surface area (Å²) in [5.74, 6) is 0.697. The molecule has 0 spiro atoms. The molecule has 0 aliphatic heterocycles. The molecule has 0 aliphatic rings. The number of hydrogen-bond acceptors (Lipinski definition) is 6. The Balaban J connectivity index is 1.87. The molecule has 0 fully saturated rings. The van der Waals surface area contributed by atoms with Crippen LogP contribution < -0.4 is 10.5 Å². The van der Waals surface area contributed by atoms with Gasteiger partial charge in [0, 0.05) is 11.6 Å². The molecule has 0 atom stereocenters. The van der Waals surface area contributed by atoms with Crippen LogP contribution in [-0.2, 0) is 6.61 Å². The lowest BCUT2D eigenvalue weighted by Crippen LogP contribution is -2.03. The van der Waals surface area contributed by atoms with E-state index in [0.717, 1.165) is 16.5 Å². The summed E-state index contributed by atoms with van der Waals surface area (Å²) in [5, 5.41) is 2.49. The first-order chi connectivity index (χ1) is 9.74. The van der Waals surface area contributed by atoms with Crippen molar-refractivity contribution >= 4 is 29.2 Å². The van der Waals surface area contributed by atoms with E-state index in [1.165, 1.54) is 6.20 Å². The second-order valence-electron chi connectivity index (χ2n) is 4.19. The third-order valence-corrected chi connectivity index (χ3v) is 3.11. The lowest BCUT2D eigenvalue weighted by molar-refractivity contribution is 0.301. The number of nitrogen functional groups attached to an aromatic ring is 1. The third-order valence-electron chi connectivity index (χ3n) is 2.89. The van der Waals surface area contributed by atoms with Crippen LogP contribution in [0.2, 0.25) is 0 Å². The first kappa shape index (κ1) is 12.7. The van der Waals surface area contributed by atoms with Gasteiger partial charge in [-0.25, -0.2) is 9.97 Å².